The lowest BCUT2D eigenvalue weighted by molar-refractivity contribution is -0.387. The van der Waals surface area contributed by atoms with Crippen LogP contribution in [-0.4, -0.2) is 34.4 Å². The summed E-state index contributed by atoms with van der Waals surface area (Å²) >= 11 is 0. The van der Waals surface area contributed by atoms with E-state index in [9.17, 15) is 10.1 Å². The van der Waals surface area contributed by atoms with Gasteiger partial charge in [0.05, 0.1) is 4.92 Å². The number of aryl methyl sites for hydroxylation is 1. The molecule has 1 aliphatic rings. The molecule has 0 atom stereocenters. The zero-order chi connectivity index (χ0) is 18.0. The maximum atomic E-state index is 11.7. The molecule has 0 aliphatic carbocycles. The Hall–Kier alpha value is -3.16. The number of rotatable bonds is 5. The largest absolute Gasteiger partial charge is 0.316 e. The van der Waals surface area contributed by atoms with Crippen LogP contribution in [0.25, 0.3) is 0 Å². The molecular formula is C17H18N6O2. The topological polar surface area (TPSA) is 96.9 Å². The van der Waals surface area contributed by atoms with Crippen molar-refractivity contribution in [3.8, 4) is 0 Å². The Morgan fingerprint density at radius 3 is 2.36 bits per heavy atom. The predicted molar refractivity (Wildman–Crippen MR) is 96.9 cm³/mol. The third kappa shape index (κ3) is 2.98. The first kappa shape index (κ1) is 16.7. The van der Waals surface area contributed by atoms with Gasteiger partial charge in [-0.25, -0.2) is 9.97 Å². The first-order valence-electron chi connectivity index (χ1n) is 7.90. The number of anilines is 2. The van der Waals surface area contributed by atoms with Crippen LogP contribution in [0.4, 0.5) is 17.3 Å². The molecule has 128 valence electrons. The molecule has 0 spiro atoms. The molecular weight excluding hydrogens is 320 g/mol. The summed E-state index contributed by atoms with van der Waals surface area (Å²) in [6, 6.07) is 9.57. The molecule has 8 nitrogen and oxygen atoms in total. The maximum absolute atomic E-state index is 11.7. The summed E-state index contributed by atoms with van der Waals surface area (Å²) in [6.45, 7) is 3.53. The van der Waals surface area contributed by atoms with Gasteiger partial charge in [-0.1, -0.05) is 25.1 Å². The number of para-hydroxylation sites is 1. The number of benzene rings is 1. The molecule has 0 fully saturated rings. The van der Waals surface area contributed by atoms with Crippen LogP contribution in [0, 0.1) is 10.1 Å². The van der Waals surface area contributed by atoms with E-state index in [4.69, 9.17) is 0 Å². The standard InChI is InChI=1S/C17H18N6O2/c1-4-13-14(23(24)25)15(17(2)18-10-11-19-17)21-16(20-13)22(3)12-8-6-5-7-9-12/h5-11H,4H2,1-3H3. The van der Waals surface area contributed by atoms with Crippen molar-refractivity contribution >= 4 is 29.8 Å². The molecule has 1 aromatic heterocycles. The fraction of sp³-hybridized carbons (Fsp3) is 0.294. The van der Waals surface area contributed by atoms with Crippen molar-refractivity contribution in [3.05, 3.63) is 51.8 Å². The highest BCUT2D eigenvalue weighted by atomic mass is 16.6. The van der Waals surface area contributed by atoms with Crippen LogP contribution in [0.1, 0.15) is 25.2 Å². The van der Waals surface area contributed by atoms with Crippen molar-refractivity contribution in [2.45, 2.75) is 25.9 Å². The average Bonchev–Trinajstić information content (AvgIpc) is 3.08. The van der Waals surface area contributed by atoms with Crippen LogP contribution in [-0.2, 0) is 12.1 Å². The third-order valence-electron chi connectivity index (χ3n) is 4.07. The Morgan fingerprint density at radius 2 is 1.80 bits per heavy atom. The summed E-state index contributed by atoms with van der Waals surface area (Å²) in [5.74, 6) is 0.377. The molecule has 1 aliphatic heterocycles. The number of hydrogen-bond donors (Lipinski definition) is 0. The van der Waals surface area contributed by atoms with Crippen molar-refractivity contribution in [2.75, 3.05) is 11.9 Å². The normalized spacial score (nSPS) is 14.7. The van der Waals surface area contributed by atoms with Crippen molar-refractivity contribution in [1.29, 1.82) is 0 Å². The van der Waals surface area contributed by atoms with E-state index in [0.717, 1.165) is 5.69 Å². The van der Waals surface area contributed by atoms with Gasteiger partial charge in [-0.15, -0.1) is 0 Å². The van der Waals surface area contributed by atoms with Crippen LogP contribution in [0.5, 0.6) is 0 Å². The Bertz CT molecular complexity index is 851. The van der Waals surface area contributed by atoms with Gasteiger partial charge in [-0.2, -0.15) is 0 Å². The molecule has 0 saturated carbocycles. The third-order valence-corrected chi connectivity index (χ3v) is 4.07. The van der Waals surface area contributed by atoms with Gasteiger partial charge in [-0.05, 0) is 25.5 Å². The molecule has 0 bridgehead atoms. The van der Waals surface area contributed by atoms with Gasteiger partial charge in [0.1, 0.15) is 5.69 Å². The van der Waals surface area contributed by atoms with Crippen LogP contribution >= 0.6 is 0 Å². The van der Waals surface area contributed by atoms with E-state index < -0.39 is 10.6 Å². The summed E-state index contributed by atoms with van der Waals surface area (Å²) in [4.78, 5) is 30.4. The van der Waals surface area contributed by atoms with E-state index in [2.05, 4.69) is 20.0 Å². The molecule has 0 saturated heterocycles. The van der Waals surface area contributed by atoms with Gasteiger partial charge in [0.2, 0.25) is 5.95 Å². The minimum atomic E-state index is -1.11. The number of nitro groups is 1. The molecule has 25 heavy (non-hydrogen) atoms. The van der Waals surface area contributed by atoms with Gasteiger partial charge in [-0.3, -0.25) is 20.1 Å². The number of aliphatic imine (C=N–C) groups is 2. The monoisotopic (exact) mass is 338 g/mol. The summed E-state index contributed by atoms with van der Waals surface area (Å²) < 4.78 is 0. The van der Waals surface area contributed by atoms with Gasteiger partial charge < -0.3 is 4.90 Å². The Balaban J connectivity index is 2.20. The quantitative estimate of drug-likeness (QED) is 0.616. The van der Waals surface area contributed by atoms with Gasteiger partial charge in [0.25, 0.3) is 0 Å². The summed E-state index contributed by atoms with van der Waals surface area (Å²) in [6.07, 6.45) is 3.46. The average molecular weight is 338 g/mol. The van der Waals surface area contributed by atoms with E-state index in [1.807, 2.05) is 44.3 Å². The highest BCUT2D eigenvalue weighted by Gasteiger charge is 2.38. The summed E-state index contributed by atoms with van der Waals surface area (Å²) in [5.41, 5.74) is 0.222. The van der Waals surface area contributed by atoms with Crippen molar-refractivity contribution in [1.82, 2.24) is 9.97 Å². The van der Waals surface area contributed by atoms with Gasteiger partial charge in [0.15, 0.2) is 11.4 Å². The minimum Gasteiger partial charge on any atom is -0.314 e. The predicted octanol–water partition coefficient (Wildman–Crippen LogP) is 3.04. The zero-order valence-electron chi connectivity index (χ0n) is 14.2. The number of hydrogen-bond acceptors (Lipinski definition) is 7. The fourth-order valence-corrected chi connectivity index (χ4v) is 2.69. The molecule has 0 amide bonds. The molecule has 0 radical (unpaired) electrons. The highest BCUT2D eigenvalue weighted by Crippen LogP contribution is 2.37. The highest BCUT2D eigenvalue weighted by molar-refractivity contribution is 6.17. The van der Waals surface area contributed by atoms with Crippen molar-refractivity contribution in [3.63, 3.8) is 0 Å². The van der Waals surface area contributed by atoms with Crippen molar-refractivity contribution in [2.24, 2.45) is 9.98 Å². The van der Waals surface area contributed by atoms with Crippen molar-refractivity contribution < 1.29 is 4.92 Å². The molecule has 0 N–H and O–H groups in total. The summed E-state index contributed by atoms with van der Waals surface area (Å²) in [5, 5.41) is 11.7. The number of nitrogens with zero attached hydrogens (tertiary/aromatic N) is 6. The lowest BCUT2D eigenvalue weighted by atomic mass is 10.1. The van der Waals surface area contributed by atoms with E-state index in [1.54, 1.807) is 11.8 Å². The SMILES string of the molecule is CCc1nc(N(C)c2ccccc2)nc(C2(C)N=CC=N2)c1[N+](=O)[O-]. The minimum absolute atomic E-state index is 0.119. The Labute approximate surface area is 145 Å². The summed E-state index contributed by atoms with van der Waals surface area (Å²) in [7, 11) is 1.82. The zero-order valence-corrected chi connectivity index (χ0v) is 14.2. The second-order valence-corrected chi connectivity index (χ2v) is 5.75. The van der Waals surface area contributed by atoms with Gasteiger partial charge in [0, 0.05) is 25.2 Å². The Morgan fingerprint density at radius 1 is 1.16 bits per heavy atom. The van der Waals surface area contributed by atoms with Crippen LogP contribution in [0.15, 0.2) is 40.3 Å². The van der Waals surface area contributed by atoms with E-state index in [-0.39, 0.29) is 11.4 Å². The molecule has 8 heteroatoms. The molecule has 2 aromatic rings. The molecule has 3 rings (SSSR count). The van der Waals surface area contributed by atoms with E-state index in [0.29, 0.717) is 18.1 Å². The second-order valence-electron chi connectivity index (χ2n) is 5.75. The molecule has 1 aromatic carbocycles. The van der Waals surface area contributed by atoms with Gasteiger partial charge >= 0.3 is 5.69 Å². The lowest BCUT2D eigenvalue weighted by Gasteiger charge is -2.22. The van der Waals surface area contributed by atoms with E-state index >= 15 is 0 Å². The van der Waals surface area contributed by atoms with Crippen LogP contribution in [0.3, 0.4) is 0 Å². The number of aromatic nitrogens is 2. The Kier molecular flexibility index (Phi) is 4.26. The second kappa shape index (κ2) is 6.39. The van der Waals surface area contributed by atoms with Crippen LogP contribution < -0.4 is 4.90 Å². The molecule has 2 heterocycles. The smallest absolute Gasteiger partial charge is 0.314 e. The fourth-order valence-electron chi connectivity index (χ4n) is 2.69. The van der Waals surface area contributed by atoms with Crippen LogP contribution in [0.2, 0.25) is 0 Å². The van der Waals surface area contributed by atoms with E-state index in [1.165, 1.54) is 12.4 Å². The lowest BCUT2D eigenvalue weighted by Crippen LogP contribution is -2.23. The first-order chi connectivity index (χ1) is 12.0. The first-order valence-corrected chi connectivity index (χ1v) is 7.90. The molecule has 0 unspecified atom stereocenters. The maximum Gasteiger partial charge on any atom is 0.316 e.